The highest BCUT2D eigenvalue weighted by Crippen LogP contribution is 2.28. The van der Waals surface area contributed by atoms with Gasteiger partial charge in [-0.2, -0.15) is 0 Å². The first-order chi connectivity index (χ1) is 15.1. The van der Waals surface area contributed by atoms with Crippen LogP contribution in [-0.2, 0) is 11.3 Å². The lowest BCUT2D eigenvalue weighted by atomic mass is 9.88. The van der Waals surface area contributed by atoms with Crippen LogP contribution < -0.4 is 0 Å². The molecule has 1 amide bonds. The Labute approximate surface area is 182 Å². The largest absolute Gasteiger partial charge is 0.419 e. The zero-order chi connectivity index (χ0) is 21.6. The Morgan fingerprint density at radius 1 is 0.871 bits per heavy atom. The van der Waals surface area contributed by atoms with Crippen LogP contribution in [0, 0.1) is 6.92 Å². The highest BCUT2D eigenvalue weighted by atomic mass is 16.4. The lowest BCUT2D eigenvalue weighted by molar-refractivity contribution is -0.130. The second kappa shape index (κ2) is 9.39. The summed E-state index contributed by atoms with van der Waals surface area (Å²) in [5.41, 5.74) is 4.27. The van der Waals surface area contributed by atoms with E-state index in [0.717, 1.165) is 16.7 Å². The number of hydrogen-bond acceptors (Lipinski definition) is 4. The molecule has 0 aliphatic heterocycles. The standard InChI is InChI=1S/C26H25N3O2/c1-19-13-15-22(16-14-19)26-28-27-24(31-26)18-29(2)25(30)17-23(20-9-5-3-6-10-20)21-11-7-4-8-12-21/h3-16,23H,17-18H2,1-2H3. The van der Waals surface area contributed by atoms with Gasteiger partial charge in [0.1, 0.15) is 0 Å². The molecule has 0 N–H and O–H groups in total. The molecule has 0 atom stereocenters. The van der Waals surface area contributed by atoms with E-state index in [1.165, 1.54) is 5.56 Å². The third-order valence-electron chi connectivity index (χ3n) is 5.35. The molecule has 1 aromatic heterocycles. The van der Waals surface area contributed by atoms with Gasteiger partial charge in [-0.3, -0.25) is 4.79 Å². The van der Waals surface area contributed by atoms with Gasteiger partial charge < -0.3 is 9.32 Å². The number of aromatic nitrogens is 2. The van der Waals surface area contributed by atoms with Crippen molar-refractivity contribution >= 4 is 5.91 Å². The van der Waals surface area contributed by atoms with Crippen molar-refractivity contribution in [2.24, 2.45) is 0 Å². The molecular formula is C26H25N3O2. The number of amides is 1. The maximum atomic E-state index is 13.1. The van der Waals surface area contributed by atoms with Crippen LogP contribution in [0.25, 0.3) is 11.5 Å². The average Bonchev–Trinajstić information content (AvgIpc) is 3.27. The first-order valence-corrected chi connectivity index (χ1v) is 10.3. The Balaban J connectivity index is 1.46. The molecule has 0 aliphatic rings. The van der Waals surface area contributed by atoms with Gasteiger partial charge in [-0.05, 0) is 30.2 Å². The van der Waals surface area contributed by atoms with Crippen molar-refractivity contribution in [2.75, 3.05) is 7.05 Å². The number of hydrogen-bond donors (Lipinski definition) is 0. The fraction of sp³-hybridized carbons (Fsp3) is 0.192. The van der Waals surface area contributed by atoms with Crippen molar-refractivity contribution in [1.82, 2.24) is 15.1 Å². The summed E-state index contributed by atoms with van der Waals surface area (Å²) < 4.78 is 5.79. The fourth-order valence-electron chi connectivity index (χ4n) is 3.55. The van der Waals surface area contributed by atoms with Crippen LogP contribution in [-0.4, -0.2) is 28.1 Å². The molecule has 0 saturated carbocycles. The minimum atomic E-state index is -0.0110. The van der Waals surface area contributed by atoms with E-state index in [2.05, 4.69) is 34.5 Å². The first-order valence-electron chi connectivity index (χ1n) is 10.3. The quantitative estimate of drug-likeness (QED) is 0.418. The Morgan fingerprint density at radius 3 is 2.03 bits per heavy atom. The van der Waals surface area contributed by atoms with Crippen molar-refractivity contribution in [3.8, 4) is 11.5 Å². The zero-order valence-corrected chi connectivity index (χ0v) is 17.7. The van der Waals surface area contributed by atoms with E-state index in [1.807, 2.05) is 67.6 Å². The summed E-state index contributed by atoms with van der Waals surface area (Å²) in [6, 6.07) is 28.2. The molecule has 4 rings (SSSR count). The van der Waals surface area contributed by atoms with E-state index in [1.54, 1.807) is 11.9 Å². The predicted molar refractivity (Wildman–Crippen MR) is 120 cm³/mol. The normalized spacial score (nSPS) is 10.9. The van der Waals surface area contributed by atoms with Gasteiger partial charge in [0.15, 0.2) is 0 Å². The number of rotatable bonds is 7. The highest BCUT2D eigenvalue weighted by molar-refractivity contribution is 5.77. The van der Waals surface area contributed by atoms with E-state index >= 15 is 0 Å². The molecule has 0 aliphatic carbocycles. The Hall–Kier alpha value is -3.73. The molecule has 5 nitrogen and oxygen atoms in total. The fourth-order valence-corrected chi connectivity index (χ4v) is 3.55. The summed E-state index contributed by atoms with van der Waals surface area (Å²) in [7, 11) is 1.77. The molecule has 31 heavy (non-hydrogen) atoms. The molecule has 3 aromatic carbocycles. The molecule has 0 bridgehead atoms. The van der Waals surface area contributed by atoms with Crippen molar-refractivity contribution in [1.29, 1.82) is 0 Å². The van der Waals surface area contributed by atoms with Crippen LogP contribution in [0.1, 0.15) is 34.9 Å². The van der Waals surface area contributed by atoms with E-state index in [0.29, 0.717) is 18.2 Å². The van der Waals surface area contributed by atoms with Gasteiger partial charge in [-0.1, -0.05) is 78.4 Å². The monoisotopic (exact) mass is 411 g/mol. The summed E-state index contributed by atoms with van der Waals surface area (Å²) in [5.74, 6) is 0.889. The van der Waals surface area contributed by atoms with Crippen molar-refractivity contribution in [2.45, 2.75) is 25.8 Å². The van der Waals surface area contributed by atoms with Gasteiger partial charge in [0.25, 0.3) is 0 Å². The summed E-state index contributed by atoms with van der Waals surface area (Å²) in [4.78, 5) is 14.7. The Kier molecular flexibility index (Phi) is 6.22. The van der Waals surface area contributed by atoms with E-state index < -0.39 is 0 Å². The van der Waals surface area contributed by atoms with E-state index in [4.69, 9.17) is 4.42 Å². The summed E-state index contributed by atoms with van der Waals surface area (Å²) in [5, 5.41) is 8.25. The van der Waals surface area contributed by atoms with Gasteiger partial charge in [-0.25, -0.2) is 0 Å². The zero-order valence-electron chi connectivity index (χ0n) is 17.7. The SMILES string of the molecule is Cc1ccc(-c2nnc(CN(C)C(=O)CC(c3ccccc3)c3ccccc3)o2)cc1. The van der Waals surface area contributed by atoms with Gasteiger partial charge >= 0.3 is 0 Å². The van der Waals surface area contributed by atoms with E-state index in [-0.39, 0.29) is 18.4 Å². The third kappa shape index (κ3) is 5.07. The second-order valence-corrected chi connectivity index (χ2v) is 7.69. The number of carbonyl (C=O) groups excluding carboxylic acids is 1. The van der Waals surface area contributed by atoms with Gasteiger partial charge in [0, 0.05) is 24.9 Å². The molecule has 5 heteroatoms. The molecule has 0 radical (unpaired) electrons. The number of aryl methyl sites for hydroxylation is 1. The number of nitrogens with zero attached hydrogens (tertiary/aromatic N) is 3. The van der Waals surface area contributed by atoms with Crippen molar-refractivity contribution in [3.63, 3.8) is 0 Å². The third-order valence-corrected chi connectivity index (χ3v) is 5.35. The number of carbonyl (C=O) groups is 1. The molecule has 1 heterocycles. The topological polar surface area (TPSA) is 59.2 Å². The minimum absolute atomic E-state index is 0.0110. The summed E-state index contributed by atoms with van der Waals surface area (Å²) >= 11 is 0. The van der Waals surface area contributed by atoms with Crippen LogP contribution >= 0.6 is 0 Å². The van der Waals surface area contributed by atoms with Crippen molar-refractivity contribution in [3.05, 3.63) is 108 Å². The lowest BCUT2D eigenvalue weighted by Crippen LogP contribution is -2.28. The maximum absolute atomic E-state index is 13.1. The van der Waals surface area contributed by atoms with Crippen LogP contribution in [0.4, 0.5) is 0 Å². The van der Waals surface area contributed by atoms with Gasteiger partial charge in [0.2, 0.25) is 17.7 Å². The Bertz CT molecular complexity index is 1080. The smallest absolute Gasteiger partial charge is 0.247 e. The minimum Gasteiger partial charge on any atom is -0.419 e. The van der Waals surface area contributed by atoms with Gasteiger partial charge in [0.05, 0.1) is 6.54 Å². The van der Waals surface area contributed by atoms with Crippen LogP contribution in [0.3, 0.4) is 0 Å². The Morgan fingerprint density at radius 2 is 1.45 bits per heavy atom. The highest BCUT2D eigenvalue weighted by Gasteiger charge is 2.21. The van der Waals surface area contributed by atoms with Crippen LogP contribution in [0.5, 0.6) is 0 Å². The molecule has 4 aromatic rings. The predicted octanol–water partition coefficient (Wildman–Crippen LogP) is 5.23. The summed E-state index contributed by atoms with van der Waals surface area (Å²) in [6.45, 7) is 2.30. The first kappa shape index (κ1) is 20.5. The molecule has 0 fully saturated rings. The molecule has 156 valence electrons. The van der Waals surface area contributed by atoms with Gasteiger partial charge in [-0.15, -0.1) is 10.2 Å². The lowest BCUT2D eigenvalue weighted by Gasteiger charge is -2.21. The molecule has 0 unspecified atom stereocenters. The number of benzene rings is 3. The van der Waals surface area contributed by atoms with Crippen LogP contribution in [0.2, 0.25) is 0 Å². The molecule has 0 saturated heterocycles. The molecular weight excluding hydrogens is 386 g/mol. The maximum Gasteiger partial charge on any atom is 0.247 e. The average molecular weight is 412 g/mol. The van der Waals surface area contributed by atoms with E-state index in [9.17, 15) is 4.79 Å². The molecule has 0 spiro atoms. The summed E-state index contributed by atoms with van der Waals surface area (Å²) in [6.07, 6.45) is 0.365. The van der Waals surface area contributed by atoms with Crippen molar-refractivity contribution < 1.29 is 9.21 Å². The second-order valence-electron chi connectivity index (χ2n) is 7.69. The van der Waals surface area contributed by atoms with Crippen LogP contribution in [0.15, 0.2) is 89.3 Å².